The molecule has 0 spiro atoms. The molecule has 17 heavy (non-hydrogen) atoms. The number of anilines is 2. The number of nitrogen functional groups attached to an aromatic ring is 1. The minimum absolute atomic E-state index is 0.164. The van der Waals surface area contributed by atoms with Gasteiger partial charge in [0.25, 0.3) is 0 Å². The number of hydrogen-bond acceptors (Lipinski definition) is 6. The summed E-state index contributed by atoms with van der Waals surface area (Å²) in [5.41, 5.74) is 6.97. The lowest BCUT2D eigenvalue weighted by Gasteiger charge is -2.09. The molecule has 0 aromatic carbocycles. The van der Waals surface area contributed by atoms with Gasteiger partial charge in [-0.2, -0.15) is 4.98 Å². The molecule has 2 rings (SSSR count). The van der Waals surface area contributed by atoms with Crippen molar-refractivity contribution in [1.29, 1.82) is 0 Å². The molecular weight excluding hydrogens is 242 g/mol. The summed E-state index contributed by atoms with van der Waals surface area (Å²) < 4.78 is 1.80. The zero-order valence-electron chi connectivity index (χ0n) is 9.48. The highest BCUT2D eigenvalue weighted by Crippen LogP contribution is 2.20. The Morgan fingerprint density at radius 2 is 2.24 bits per heavy atom. The molecule has 0 aliphatic rings. The van der Waals surface area contributed by atoms with E-state index in [9.17, 15) is 0 Å². The largest absolute Gasteiger partial charge is 0.394 e. The lowest BCUT2D eigenvalue weighted by molar-refractivity contribution is 0.810. The third kappa shape index (κ3) is 2.44. The predicted octanol–water partition coefficient (Wildman–Crippen LogP) is 0.761. The van der Waals surface area contributed by atoms with Gasteiger partial charge < -0.3 is 15.6 Å². The number of aryl methyl sites for hydroxylation is 2. The van der Waals surface area contributed by atoms with E-state index in [0.29, 0.717) is 23.7 Å². The topological polar surface area (TPSA) is 94.5 Å². The van der Waals surface area contributed by atoms with Crippen LogP contribution in [0.1, 0.15) is 11.5 Å². The second kappa shape index (κ2) is 4.54. The van der Waals surface area contributed by atoms with E-state index in [2.05, 4.69) is 25.5 Å². The molecule has 0 radical (unpaired) electrons. The van der Waals surface area contributed by atoms with Crippen LogP contribution in [0.3, 0.4) is 0 Å². The molecule has 2 aromatic rings. The van der Waals surface area contributed by atoms with Gasteiger partial charge in [0.15, 0.2) is 11.6 Å². The summed E-state index contributed by atoms with van der Waals surface area (Å²) in [5.74, 6) is 1.28. The number of halogens is 1. The monoisotopic (exact) mass is 253 g/mol. The minimum Gasteiger partial charge on any atom is -0.394 e. The van der Waals surface area contributed by atoms with Crippen molar-refractivity contribution in [3.05, 3.63) is 23.1 Å². The second-order valence-corrected chi connectivity index (χ2v) is 3.89. The third-order valence-corrected chi connectivity index (χ3v) is 2.50. The molecule has 0 saturated heterocycles. The lowest BCUT2D eigenvalue weighted by Crippen LogP contribution is -2.10. The van der Waals surface area contributed by atoms with Crippen LogP contribution in [-0.2, 0) is 13.6 Å². The Morgan fingerprint density at radius 1 is 1.47 bits per heavy atom. The van der Waals surface area contributed by atoms with Gasteiger partial charge in [-0.25, -0.2) is 4.98 Å². The molecule has 2 aromatic heterocycles. The van der Waals surface area contributed by atoms with Crippen LogP contribution < -0.4 is 11.1 Å². The van der Waals surface area contributed by atoms with Crippen molar-refractivity contribution in [2.75, 3.05) is 11.1 Å². The van der Waals surface area contributed by atoms with Gasteiger partial charge in [0, 0.05) is 7.05 Å². The van der Waals surface area contributed by atoms with Crippen molar-refractivity contribution in [2.24, 2.45) is 7.05 Å². The van der Waals surface area contributed by atoms with E-state index >= 15 is 0 Å². The normalized spacial score (nSPS) is 10.5. The number of nitrogens with one attached hydrogen (secondary N) is 1. The van der Waals surface area contributed by atoms with Crippen molar-refractivity contribution >= 4 is 23.1 Å². The summed E-state index contributed by atoms with van der Waals surface area (Å²) in [5, 5.41) is 10.9. The smallest absolute Gasteiger partial charge is 0.224 e. The molecule has 0 bridgehead atoms. The Morgan fingerprint density at radius 3 is 2.88 bits per heavy atom. The molecule has 90 valence electrons. The van der Waals surface area contributed by atoms with E-state index in [1.54, 1.807) is 17.8 Å². The quantitative estimate of drug-likeness (QED) is 0.785. The number of nitrogens with zero attached hydrogens (tertiary/aromatic N) is 5. The highest BCUT2D eigenvalue weighted by Gasteiger charge is 2.08. The average molecular weight is 254 g/mol. The molecule has 0 amide bonds. The van der Waals surface area contributed by atoms with Crippen molar-refractivity contribution < 1.29 is 0 Å². The van der Waals surface area contributed by atoms with Crippen LogP contribution in [0.25, 0.3) is 0 Å². The van der Waals surface area contributed by atoms with Gasteiger partial charge in [0.2, 0.25) is 5.28 Å². The van der Waals surface area contributed by atoms with Crippen LogP contribution in [0.5, 0.6) is 0 Å². The van der Waals surface area contributed by atoms with Gasteiger partial charge >= 0.3 is 0 Å². The lowest BCUT2D eigenvalue weighted by atomic mass is 10.3. The van der Waals surface area contributed by atoms with Crippen LogP contribution >= 0.6 is 11.6 Å². The summed E-state index contributed by atoms with van der Waals surface area (Å²) in [7, 11) is 1.86. The highest BCUT2D eigenvalue weighted by atomic mass is 35.5. The summed E-state index contributed by atoms with van der Waals surface area (Å²) in [6.45, 7) is 2.24. The Hall–Kier alpha value is -1.89. The summed E-state index contributed by atoms with van der Waals surface area (Å²) in [6.07, 6.45) is 1.62. The van der Waals surface area contributed by atoms with E-state index in [-0.39, 0.29) is 5.28 Å². The third-order valence-electron chi connectivity index (χ3n) is 2.33. The number of nitrogens with two attached hydrogens (primary N) is 1. The molecule has 0 aliphatic heterocycles. The Labute approximate surface area is 103 Å². The first-order valence-corrected chi connectivity index (χ1v) is 5.32. The number of aromatic nitrogens is 5. The van der Waals surface area contributed by atoms with Crippen LogP contribution in [0, 0.1) is 6.92 Å². The fourth-order valence-corrected chi connectivity index (χ4v) is 1.52. The van der Waals surface area contributed by atoms with Gasteiger partial charge in [-0.1, -0.05) is 0 Å². The molecule has 0 aliphatic carbocycles. The maximum atomic E-state index is 5.84. The van der Waals surface area contributed by atoms with Gasteiger partial charge in [-0.15, -0.1) is 10.2 Å². The molecule has 8 heteroatoms. The first kappa shape index (κ1) is 11.6. The molecule has 7 nitrogen and oxygen atoms in total. The van der Waals surface area contributed by atoms with Crippen molar-refractivity contribution in [2.45, 2.75) is 13.5 Å². The summed E-state index contributed by atoms with van der Waals surface area (Å²) in [6, 6.07) is 0. The molecule has 3 N–H and O–H groups in total. The van der Waals surface area contributed by atoms with E-state index in [1.165, 1.54) is 0 Å². The first-order valence-electron chi connectivity index (χ1n) is 4.94. The van der Waals surface area contributed by atoms with Crippen LogP contribution in [0.4, 0.5) is 11.5 Å². The van der Waals surface area contributed by atoms with Crippen LogP contribution in [0.2, 0.25) is 5.28 Å². The Bertz CT molecular complexity index is 536. The molecule has 0 fully saturated rings. The zero-order valence-corrected chi connectivity index (χ0v) is 10.2. The Balaban J connectivity index is 2.17. The Kier molecular flexibility index (Phi) is 3.10. The van der Waals surface area contributed by atoms with Crippen molar-refractivity contribution in [1.82, 2.24) is 24.7 Å². The fourth-order valence-electron chi connectivity index (χ4n) is 1.31. The van der Waals surface area contributed by atoms with E-state index in [0.717, 1.165) is 5.82 Å². The van der Waals surface area contributed by atoms with Gasteiger partial charge in [-0.05, 0) is 18.5 Å². The van der Waals surface area contributed by atoms with Crippen molar-refractivity contribution in [3.8, 4) is 0 Å². The van der Waals surface area contributed by atoms with Gasteiger partial charge in [-0.3, -0.25) is 0 Å². The first-order chi connectivity index (χ1) is 8.08. The fraction of sp³-hybridized carbons (Fsp3) is 0.333. The van der Waals surface area contributed by atoms with Crippen LogP contribution in [0.15, 0.2) is 6.33 Å². The maximum absolute atomic E-state index is 5.84. The van der Waals surface area contributed by atoms with E-state index < -0.39 is 0 Å². The van der Waals surface area contributed by atoms with Gasteiger partial charge in [0.1, 0.15) is 6.33 Å². The minimum atomic E-state index is 0.164. The highest BCUT2D eigenvalue weighted by molar-refractivity contribution is 6.28. The summed E-state index contributed by atoms with van der Waals surface area (Å²) >= 11 is 5.76. The zero-order chi connectivity index (χ0) is 12.4. The standard InChI is InChI=1S/C9H12ClN7/c1-5-7(11)8(15-9(10)14-5)12-3-6-16-13-4-17(6)2/h4H,3,11H2,1-2H3,(H,12,14,15). The molecular formula is C9H12ClN7. The second-order valence-electron chi connectivity index (χ2n) is 3.55. The van der Waals surface area contributed by atoms with Crippen LogP contribution in [-0.4, -0.2) is 24.7 Å². The predicted molar refractivity (Wildman–Crippen MR) is 64.5 cm³/mol. The number of hydrogen-bond donors (Lipinski definition) is 2. The molecule has 0 unspecified atom stereocenters. The maximum Gasteiger partial charge on any atom is 0.224 e. The molecule has 0 saturated carbocycles. The molecule has 2 heterocycles. The SMILES string of the molecule is Cc1nc(Cl)nc(NCc2nncn2C)c1N. The summed E-state index contributed by atoms with van der Waals surface area (Å²) in [4.78, 5) is 7.98. The van der Waals surface area contributed by atoms with E-state index in [1.807, 2.05) is 7.05 Å². The molecule has 0 atom stereocenters. The van der Waals surface area contributed by atoms with Crippen molar-refractivity contribution in [3.63, 3.8) is 0 Å². The number of rotatable bonds is 3. The van der Waals surface area contributed by atoms with E-state index in [4.69, 9.17) is 17.3 Å². The van der Waals surface area contributed by atoms with Gasteiger partial charge in [0.05, 0.1) is 17.9 Å². The average Bonchev–Trinajstić information content (AvgIpc) is 2.67.